The molecule has 0 spiro atoms. The molecule has 1 unspecified atom stereocenters. The highest BCUT2D eigenvalue weighted by Gasteiger charge is 2.24. The molecule has 1 aromatic carbocycles. The van der Waals surface area contributed by atoms with Crippen LogP contribution in [0.25, 0.3) is 5.69 Å². The maximum Gasteiger partial charge on any atom is 0.210 e. The molecule has 0 bridgehead atoms. The summed E-state index contributed by atoms with van der Waals surface area (Å²) in [5.41, 5.74) is 4.09. The summed E-state index contributed by atoms with van der Waals surface area (Å²) in [5, 5.41) is 20.4. The second-order valence-corrected chi connectivity index (χ2v) is 8.37. The summed E-state index contributed by atoms with van der Waals surface area (Å²) in [6, 6.07) is 5.65. The van der Waals surface area contributed by atoms with Crippen molar-refractivity contribution in [2.75, 3.05) is 12.3 Å². The Bertz CT molecular complexity index is 1070. The highest BCUT2D eigenvalue weighted by atomic mass is 32.2. The zero-order valence-corrected chi connectivity index (χ0v) is 15.9. The zero-order chi connectivity index (χ0) is 19.6. The second-order valence-electron chi connectivity index (χ2n) is 6.64. The first-order valence-electron chi connectivity index (χ1n) is 8.91. The summed E-state index contributed by atoms with van der Waals surface area (Å²) in [6.07, 6.45) is 8.01. The molecular formula is C17H20N8O2S. The van der Waals surface area contributed by atoms with Gasteiger partial charge in [0.05, 0.1) is 23.3 Å². The number of aryl methyl sites for hydroxylation is 2. The van der Waals surface area contributed by atoms with Crippen molar-refractivity contribution >= 4 is 10.0 Å². The van der Waals surface area contributed by atoms with E-state index in [0.717, 1.165) is 24.9 Å². The Morgan fingerprint density at radius 1 is 1.21 bits per heavy atom. The Morgan fingerprint density at radius 3 is 2.86 bits per heavy atom. The molecule has 0 aliphatic heterocycles. The monoisotopic (exact) mass is 400 g/mol. The first-order valence-corrected chi connectivity index (χ1v) is 10.6. The van der Waals surface area contributed by atoms with E-state index < -0.39 is 16.1 Å². The van der Waals surface area contributed by atoms with Crippen LogP contribution in [0, 0.1) is 0 Å². The van der Waals surface area contributed by atoms with Crippen LogP contribution in [0.2, 0.25) is 0 Å². The lowest BCUT2D eigenvalue weighted by molar-refractivity contribution is 0.555. The van der Waals surface area contributed by atoms with Crippen LogP contribution in [0.1, 0.15) is 35.1 Å². The number of nitrogens with one attached hydrogen (secondary N) is 1. The van der Waals surface area contributed by atoms with E-state index >= 15 is 0 Å². The van der Waals surface area contributed by atoms with E-state index in [-0.39, 0.29) is 12.3 Å². The standard InChI is InChI=1S/C17H20N8O2S/c18-28(26,27)9-8-21-16(15-11-19-6-7-20-15)17-22-23-24-25(17)14-5-4-12-2-1-3-13(12)10-14/h4-7,10-11,16,21H,1-3,8-9H2,(H2,18,26,27). The fourth-order valence-electron chi connectivity index (χ4n) is 3.38. The topological polar surface area (TPSA) is 142 Å². The Hall–Kier alpha value is -2.76. The average Bonchev–Trinajstić information content (AvgIpc) is 3.33. The summed E-state index contributed by atoms with van der Waals surface area (Å²) in [4.78, 5) is 8.43. The number of hydrogen-bond donors (Lipinski definition) is 2. The van der Waals surface area contributed by atoms with E-state index in [9.17, 15) is 8.42 Å². The Kier molecular flexibility index (Phi) is 5.11. The molecule has 3 aromatic rings. The van der Waals surface area contributed by atoms with E-state index in [2.05, 4.69) is 42.9 Å². The normalized spacial score (nSPS) is 14.8. The summed E-state index contributed by atoms with van der Waals surface area (Å²) in [6.45, 7) is 0.122. The third-order valence-corrected chi connectivity index (χ3v) is 5.47. The molecule has 28 heavy (non-hydrogen) atoms. The molecular weight excluding hydrogens is 380 g/mol. The third kappa shape index (κ3) is 4.06. The van der Waals surface area contributed by atoms with Crippen molar-refractivity contribution in [3.05, 3.63) is 59.4 Å². The summed E-state index contributed by atoms with van der Waals surface area (Å²) in [5.74, 6) is 0.275. The number of sulfonamides is 1. The van der Waals surface area contributed by atoms with E-state index in [4.69, 9.17) is 5.14 Å². The molecule has 2 heterocycles. The predicted octanol–water partition coefficient (Wildman–Crippen LogP) is -0.0915. The van der Waals surface area contributed by atoms with Crippen LogP contribution in [0.15, 0.2) is 36.8 Å². The average molecular weight is 400 g/mol. The summed E-state index contributed by atoms with van der Waals surface area (Å²) < 4.78 is 24.2. The third-order valence-electron chi connectivity index (χ3n) is 4.69. The highest BCUT2D eigenvalue weighted by molar-refractivity contribution is 7.89. The number of tetrazole rings is 1. The molecule has 0 amide bonds. The maximum absolute atomic E-state index is 11.3. The quantitative estimate of drug-likeness (QED) is 0.560. The van der Waals surface area contributed by atoms with Gasteiger partial charge in [0.1, 0.15) is 6.04 Å². The lowest BCUT2D eigenvalue weighted by atomic mass is 10.1. The number of hydrogen-bond acceptors (Lipinski definition) is 8. The summed E-state index contributed by atoms with van der Waals surface area (Å²) in [7, 11) is -3.60. The van der Waals surface area contributed by atoms with Gasteiger partial charge in [-0.1, -0.05) is 6.07 Å². The predicted molar refractivity (Wildman–Crippen MR) is 101 cm³/mol. The van der Waals surface area contributed by atoms with Crippen molar-refractivity contribution in [1.82, 2.24) is 35.5 Å². The molecule has 0 saturated carbocycles. The van der Waals surface area contributed by atoms with Gasteiger partial charge in [-0.15, -0.1) is 5.10 Å². The molecule has 2 aromatic heterocycles. The van der Waals surface area contributed by atoms with E-state index in [1.807, 2.05) is 6.07 Å². The van der Waals surface area contributed by atoms with E-state index in [1.165, 1.54) is 11.1 Å². The van der Waals surface area contributed by atoms with Gasteiger partial charge in [0.25, 0.3) is 0 Å². The van der Waals surface area contributed by atoms with Crippen molar-refractivity contribution in [3.8, 4) is 5.69 Å². The van der Waals surface area contributed by atoms with Crippen molar-refractivity contribution in [1.29, 1.82) is 0 Å². The van der Waals surface area contributed by atoms with Crippen LogP contribution in [-0.2, 0) is 22.9 Å². The van der Waals surface area contributed by atoms with Crippen LogP contribution < -0.4 is 10.5 Å². The zero-order valence-electron chi connectivity index (χ0n) is 15.1. The van der Waals surface area contributed by atoms with Crippen molar-refractivity contribution in [3.63, 3.8) is 0 Å². The van der Waals surface area contributed by atoms with Gasteiger partial charge in [0.15, 0.2) is 5.82 Å². The molecule has 10 nitrogen and oxygen atoms in total. The smallest absolute Gasteiger partial charge is 0.210 e. The van der Waals surface area contributed by atoms with Gasteiger partial charge >= 0.3 is 0 Å². The number of nitrogens with zero attached hydrogens (tertiary/aromatic N) is 6. The number of nitrogens with two attached hydrogens (primary N) is 1. The number of fused-ring (bicyclic) bond motifs is 1. The molecule has 0 saturated heterocycles. The molecule has 4 rings (SSSR count). The van der Waals surface area contributed by atoms with Gasteiger partial charge in [-0.2, -0.15) is 4.68 Å². The van der Waals surface area contributed by atoms with Crippen LogP contribution in [0.5, 0.6) is 0 Å². The fraction of sp³-hybridized carbons (Fsp3) is 0.353. The molecule has 1 aliphatic carbocycles. The minimum atomic E-state index is -3.60. The first kappa shape index (κ1) is 18.6. The number of aromatic nitrogens is 6. The van der Waals surface area contributed by atoms with Gasteiger partial charge in [-0.3, -0.25) is 9.97 Å². The van der Waals surface area contributed by atoms with Crippen molar-refractivity contribution < 1.29 is 8.42 Å². The largest absolute Gasteiger partial charge is 0.301 e. The van der Waals surface area contributed by atoms with Gasteiger partial charge in [0, 0.05) is 18.9 Å². The minimum absolute atomic E-state index is 0.122. The first-order chi connectivity index (χ1) is 13.5. The SMILES string of the molecule is NS(=O)(=O)CCNC(c1cnccn1)c1nnnn1-c1ccc2c(c1)CCC2. The molecule has 3 N–H and O–H groups in total. The van der Waals surface area contributed by atoms with Gasteiger partial charge in [-0.25, -0.2) is 13.6 Å². The fourth-order valence-corrected chi connectivity index (χ4v) is 3.78. The van der Waals surface area contributed by atoms with Crippen LogP contribution >= 0.6 is 0 Å². The molecule has 146 valence electrons. The van der Waals surface area contributed by atoms with Crippen LogP contribution in [-0.4, -0.2) is 50.9 Å². The highest BCUT2D eigenvalue weighted by Crippen LogP contribution is 2.26. The lowest BCUT2D eigenvalue weighted by Gasteiger charge is -2.17. The Labute approximate surface area is 162 Å². The van der Waals surface area contributed by atoms with E-state index in [1.54, 1.807) is 23.3 Å². The lowest BCUT2D eigenvalue weighted by Crippen LogP contribution is -2.32. The number of benzene rings is 1. The van der Waals surface area contributed by atoms with Gasteiger partial charge in [-0.05, 0) is 52.9 Å². The van der Waals surface area contributed by atoms with Gasteiger partial charge in [0.2, 0.25) is 10.0 Å². The molecule has 0 radical (unpaired) electrons. The number of rotatable bonds is 7. The van der Waals surface area contributed by atoms with Crippen LogP contribution in [0.4, 0.5) is 0 Å². The Balaban J connectivity index is 1.68. The number of primary sulfonamides is 1. The maximum atomic E-state index is 11.3. The molecule has 11 heteroatoms. The van der Waals surface area contributed by atoms with Crippen LogP contribution in [0.3, 0.4) is 0 Å². The minimum Gasteiger partial charge on any atom is -0.301 e. The second kappa shape index (κ2) is 7.70. The van der Waals surface area contributed by atoms with Crippen molar-refractivity contribution in [2.45, 2.75) is 25.3 Å². The van der Waals surface area contributed by atoms with E-state index in [0.29, 0.717) is 11.5 Å². The van der Waals surface area contributed by atoms with Crippen molar-refractivity contribution in [2.24, 2.45) is 5.14 Å². The Morgan fingerprint density at radius 2 is 2.07 bits per heavy atom. The molecule has 1 aliphatic rings. The molecule has 0 fully saturated rings. The van der Waals surface area contributed by atoms with Gasteiger partial charge < -0.3 is 5.32 Å². The molecule has 1 atom stereocenters. The summed E-state index contributed by atoms with van der Waals surface area (Å²) >= 11 is 0.